The standard InChI is InChI=1S/C27H24BrN3O2/c28-15-7-2-8-16-31-24-12-6-5-11-23(24)30-26(27(31)32)22-17-21(18-29)13-14-25(22)33-19-20-9-3-1-4-10-20/h1,3-6,9-14,17H,2,7-8,15-16,19H2. The summed E-state index contributed by atoms with van der Waals surface area (Å²) in [5.74, 6) is 0.531. The van der Waals surface area contributed by atoms with Gasteiger partial charge in [0.15, 0.2) is 0 Å². The Morgan fingerprint density at radius 2 is 1.76 bits per heavy atom. The van der Waals surface area contributed by atoms with Gasteiger partial charge in [0.05, 0.1) is 22.7 Å². The number of aromatic nitrogens is 2. The van der Waals surface area contributed by atoms with Crippen LogP contribution in [-0.4, -0.2) is 14.9 Å². The molecule has 1 heterocycles. The van der Waals surface area contributed by atoms with Crippen molar-refractivity contribution >= 4 is 27.0 Å². The molecule has 0 saturated heterocycles. The third-order valence-corrected chi connectivity index (χ3v) is 6.03. The summed E-state index contributed by atoms with van der Waals surface area (Å²) in [6.07, 6.45) is 2.99. The molecule has 3 aromatic carbocycles. The number of hydrogen-bond acceptors (Lipinski definition) is 4. The molecule has 0 amide bonds. The van der Waals surface area contributed by atoms with Crippen molar-refractivity contribution in [3.8, 4) is 23.1 Å². The molecule has 0 aliphatic heterocycles. The van der Waals surface area contributed by atoms with Gasteiger partial charge in [0.25, 0.3) is 5.56 Å². The summed E-state index contributed by atoms with van der Waals surface area (Å²) < 4.78 is 7.89. The molecule has 0 N–H and O–H groups in total. The zero-order valence-corrected chi connectivity index (χ0v) is 19.8. The third-order valence-electron chi connectivity index (χ3n) is 5.47. The van der Waals surface area contributed by atoms with Gasteiger partial charge in [0, 0.05) is 17.4 Å². The Balaban J connectivity index is 1.79. The minimum atomic E-state index is -0.174. The van der Waals surface area contributed by atoms with Gasteiger partial charge in [0.2, 0.25) is 0 Å². The lowest BCUT2D eigenvalue weighted by atomic mass is 10.1. The monoisotopic (exact) mass is 501 g/mol. The summed E-state index contributed by atoms with van der Waals surface area (Å²) in [4.78, 5) is 18.3. The molecular formula is C27H24BrN3O2. The van der Waals surface area contributed by atoms with E-state index in [4.69, 9.17) is 9.72 Å². The van der Waals surface area contributed by atoms with E-state index in [1.54, 1.807) is 22.8 Å². The maximum Gasteiger partial charge on any atom is 0.277 e. The molecule has 0 bridgehead atoms. The summed E-state index contributed by atoms with van der Waals surface area (Å²) in [5, 5.41) is 10.4. The minimum absolute atomic E-state index is 0.174. The summed E-state index contributed by atoms with van der Waals surface area (Å²) in [7, 11) is 0. The maximum atomic E-state index is 13.6. The predicted octanol–water partition coefficient (Wildman–Crippen LogP) is 6.08. The number of aryl methyl sites for hydroxylation is 1. The fourth-order valence-corrected chi connectivity index (χ4v) is 4.17. The molecule has 1 aromatic heterocycles. The molecule has 4 rings (SSSR count). The highest BCUT2D eigenvalue weighted by Crippen LogP contribution is 2.30. The van der Waals surface area contributed by atoms with Crippen molar-refractivity contribution in [1.29, 1.82) is 5.26 Å². The molecule has 5 nitrogen and oxygen atoms in total. The lowest BCUT2D eigenvalue weighted by Gasteiger charge is -2.15. The predicted molar refractivity (Wildman–Crippen MR) is 135 cm³/mol. The summed E-state index contributed by atoms with van der Waals surface area (Å²) in [5.41, 5.74) is 3.69. The molecule has 0 saturated carbocycles. The zero-order valence-electron chi connectivity index (χ0n) is 18.2. The highest BCUT2D eigenvalue weighted by atomic mass is 79.9. The number of fused-ring (bicyclic) bond motifs is 1. The van der Waals surface area contributed by atoms with E-state index in [1.165, 1.54) is 0 Å². The number of unbranched alkanes of at least 4 members (excludes halogenated alkanes) is 2. The Kier molecular flexibility index (Phi) is 7.54. The highest BCUT2D eigenvalue weighted by Gasteiger charge is 2.17. The van der Waals surface area contributed by atoms with Gasteiger partial charge in [-0.15, -0.1) is 0 Å². The van der Waals surface area contributed by atoms with Crippen LogP contribution in [0.4, 0.5) is 0 Å². The molecule has 0 aliphatic carbocycles. The van der Waals surface area contributed by atoms with Crippen LogP contribution in [0.2, 0.25) is 0 Å². The third kappa shape index (κ3) is 5.32. The fraction of sp³-hybridized carbons (Fsp3) is 0.222. The van der Waals surface area contributed by atoms with Crippen LogP contribution in [0, 0.1) is 11.3 Å². The van der Waals surface area contributed by atoms with Crippen LogP contribution >= 0.6 is 15.9 Å². The molecule has 6 heteroatoms. The first-order valence-electron chi connectivity index (χ1n) is 11.0. The largest absolute Gasteiger partial charge is 0.488 e. The van der Waals surface area contributed by atoms with Gasteiger partial charge >= 0.3 is 0 Å². The van der Waals surface area contributed by atoms with Gasteiger partial charge in [-0.2, -0.15) is 5.26 Å². The normalized spacial score (nSPS) is 10.8. The van der Waals surface area contributed by atoms with Crippen molar-refractivity contribution < 1.29 is 4.74 Å². The van der Waals surface area contributed by atoms with Crippen molar-refractivity contribution in [2.75, 3.05) is 5.33 Å². The van der Waals surface area contributed by atoms with Gasteiger partial charge in [0.1, 0.15) is 18.1 Å². The second-order valence-corrected chi connectivity index (χ2v) is 8.55. The second-order valence-electron chi connectivity index (χ2n) is 7.75. The van der Waals surface area contributed by atoms with Crippen LogP contribution in [0.3, 0.4) is 0 Å². The van der Waals surface area contributed by atoms with Crippen molar-refractivity contribution in [3.05, 3.63) is 94.3 Å². The Bertz CT molecular complexity index is 1340. The van der Waals surface area contributed by atoms with Crippen molar-refractivity contribution in [3.63, 3.8) is 0 Å². The van der Waals surface area contributed by atoms with E-state index in [2.05, 4.69) is 22.0 Å². The van der Waals surface area contributed by atoms with Gasteiger partial charge < -0.3 is 9.30 Å². The summed E-state index contributed by atoms with van der Waals surface area (Å²) >= 11 is 3.47. The van der Waals surface area contributed by atoms with Crippen LogP contribution in [-0.2, 0) is 13.2 Å². The fourth-order valence-electron chi connectivity index (χ4n) is 3.78. The number of para-hydroxylation sites is 2. The summed E-state index contributed by atoms with van der Waals surface area (Å²) in [6, 6.07) is 24.8. The highest BCUT2D eigenvalue weighted by molar-refractivity contribution is 9.09. The topological polar surface area (TPSA) is 67.9 Å². The van der Waals surface area contributed by atoms with Crippen molar-refractivity contribution in [2.45, 2.75) is 32.4 Å². The number of ether oxygens (including phenoxy) is 1. The van der Waals surface area contributed by atoms with Crippen LogP contribution < -0.4 is 10.3 Å². The molecule has 0 atom stereocenters. The van der Waals surface area contributed by atoms with Gasteiger partial charge in [-0.3, -0.25) is 4.79 Å². The first-order chi connectivity index (χ1) is 16.2. The number of hydrogen-bond donors (Lipinski definition) is 0. The molecule has 0 unspecified atom stereocenters. The van der Waals surface area contributed by atoms with Crippen LogP contribution in [0.15, 0.2) is 77.6 Å². The zero-order chi connectivity index (χ0) is 23.0. The van der Waals surface area contributed by atoms with E-state index in [9.17, 15) is 10.1 Å². The number of halogens is 1. The van der Waals surface area contributed by atoms with Gasteiger partial charge in [-0.1, -0.05) is 64.8 Å². The molecule has 0 radical (unpaired) electrons. The number of nitriles is 1. The van der Waals surface area contributed by atoms with E-state index in [-0.39, 0.29) is 5.56 Å². The molecule has 0 aliphatic rings. The second kappa shape index (κ2) is 10.9. The van der Waals surface area contributed by atoms with E-state index < -0.39 is 0 Å². The Hall–Kier alpha value is -3.43. The lowest BCUT2D eigenvalue weighted by molar-refractivity contribution is 0.307. The first kappa shape index (κ1) is 22.8. The molecule has 0 spiro atoms. The van der Waals surface area contributed by atoms with Crippen LogP contribution in [0.1, 0.15) is 30.4 Å². The number of alkyl halides is 1. The van der Waals surface area contributed by atoms with E-state index in [1.807, 2.05) is 54.6 Å². The quantitative estimate of drug-likeness (QED) is 0.206. The number of rotatable bonds is 9. The average molecular weight is 502 g/mol. The summed E-state index contributed by atoms with van der Waals surface area (Å²) in [6.45, 7) is 0.966. The van der Waals surface area contributed by atoms with Crippen molar-refractivity contribution in [1.82, 2.24) is 9.55 Å². The SMILES string of the molecule is N#Cc1ccc(OCc2ccccc2)c(-c2nc3ccccc3n(CCCCCBr)c2=O)c1. The van der Waals surface area contributed by atoms with E-state index in [0.717, 1.165) is 41.2 Å². The lowest BCUT2D eigenvalue weighted by Crippen LogP contribution is -2.24. The maximum absolute atomic E-state index is 13.6. The number of nitrogens with zero attached hydrogens (tertiary/aromatic N) is 3. The Labute approximate surface area is 201 Å². The molecular weight excluding hydrogens is 478 g/mol. The molecule has 4 aromatic rings. The Morgan fingerprint density at radius 1 is 0.970 bits per heavy atom. The Morgan fingerprint density at radius 3 is 2.55 bits per heavy atom. The first-order valence-corrected chi connectivity index (χ1v) is 12.1. The van der Waals surface area contributed by atoms with E-state index >= 15 is 0 Å². The van der Waals surface area contributed by atoms with Gasteiger partial charge in [-0.25, -0.2) is 4.98 Å². The number of benzene rings is 3. The van der Waals surface area contributed by atoms with Crippen LogP contribution in [0.25, 0.3) is 22.3 Å². The molecule has 0 fully saturated rings. The van der Waals surface area contributed by atoms with Crippen LogP contribution in [0.5, 0.6) is 5.75 Å². The van der Waals surface area contributed by atoms with E-state index in [0.29, 0.717) is 35.7 Å². The smallest absolute Gasteiger partial charge is 0.277 e. The molecule has 166 valence electrons. The minimum Gasteiger partial charge on any atom is -0.488 e. The average Bonchev–Trinajstić information content (AvgIpc) is 2.86. The van der Waals surface area contributed by atoms with Gasteiger partial charge in [-0.05, 0) is 48.7 Å². The van der Waals surface area contributed by atoms with Crippen molar-refractivity contribution in [2.24, 2.45) is 0 Å². The molecule has 33 heavy (non-hydrogen) atoms.